The number of esters is 1. The fourth-order valence-corrected chi connectivity index (χ4v) is 4.40. The average Bonchev–Trinajstić information content (AvgIpc) is 2.83. The van der Waals surface area contributed by atoms with Crippen molar-refractivity contribution in [3.05, 3.63) is 88.6 Å². The Hall–Kier alpha value is -3.73. The molecule has 0 aliphatic carbocycles. The Balaban J connectivity index is 1.94. The van der Waals surface area contributed by atoms with Gasteiger partial charge in [-0.05, 0) is 68.5 Å². The van der Waals surface area contributed by atoms with Gasteiger partial charge in [0.25, 0.3) is 0 Å². The maximum atomic E-state index is 12.8. The lowest BCUT2D eigenvalue weighted by molar-refractivity contribution is 0.0525. The molecule has 33 heavy (non-hydrogen) atoms. The van der Waals surface area contributed by atoms with E-state index in [-0.39, 0.29) is 5.97 Å². The summed E-state index contributed by atoms with van der Waals surface area (Å²) in [5, 5.41) is 11.2. The topological polar surface area (TPSA) is 61.3 Å². The number of ether oxygens (including phenoxy) is 2. The van der Waals surface area contributed by atoms with Crippen LogP contribution in [-0.2, 0) is 17.6 Å². The molecule has 0 atom stereocenters. The van der Waals surface area contributed by atoms with Crippen molar-refractivity contribution in [1.82, 2.24) is 10.2 Å². The second-order valence-corrected chi connectivity index (χ2v) is 8.02. The largest absolute Gasteiger partial charge is 0.496 e. The quantitative estimate of drug-likeness (QED) is 0.336. The van der Waals surface area contributed by atoms with Gasteiger partial charge in [-0.3, -0.25) is 0 Å². The number of methoxy groups -OCH3 is 1. The molecule has 3 aromatic carbocycles. The first-order valence-corrected chi connectivity index (χ1v) is 11.2. The lowest BCUT2D eigenvalue weighted by Crippen LogP contribution is -2.11. The van der Waals surface area contributed by atoms with Gasteiger partial charge in [-0.2, -0.15) is 5.10 Å². The van der Waals surface area contributed by atoms with Crippen molar-refractivity contribution in [2.45, 2.75) is 33.6 Å². The summed E-state index contributed by atoms with van der Waals surface area (Å²) in [6.07, 6.45) is 1.55. The fraction of sp³-hybridized carbons (Fsp3) is 0.250. The van der Waals surface area contributed by atoms with Crippen LogP contribution in [0.5, 0.6) is 5.75 Å². The molecule has 0 aliphatic heterocycles. The number of carbonyl (C=O) groups is 1. The number of benzene rings is 3. The zero-order valence-electron chi connectivity index (χ0n) is 19.5. The molecule has 4 aromatic rings. The third kappa shape index (κ3) is 4.44. The lowest BCUT2D eigenvalue weighted by Gasteiger charge is -2.17. The molecule has 0 amide bonds. The second kappa shape index (κ2) is 9.82. The van der Waals surface area contributed by atoms with Gasteiger partial charge in [-0.1, -0.05) is 42.5 Å². The van der Waals surface area contributed by atoms with Crippen molar-refractivity contribution < 1.29 is 14.3 Å². The molecule has 5 nitrogen and oxygen atoms in total. The molecule has 0 radical (unpaired) electrons. The Morgan fingerprint density at radius 1 is 0.939 bits per heavy atom. The van der Waals surface area contributed by atoms with E-state index in [0.717, 1.165) is 51.0 Å². The third-order valence-corrected chi connectivity index (χ3v) is 5.92. The van der Waals surface area contributed by atoms with Gasteiger partial charge in [0.1, 0.15) is 11.4 Å². The maximum absolute atomic E-state index is 12.8. The summed E-state index contributed by atoms with van der Waals surface area (Å²) in [7, 11) is 1.65. The van der Waals surface area contributed by atoms with Crippen molar-refractivity contribution in [2.75, 3.05) is 13.7 Å². The Bertz CT molecular complexity index is 1300. The highest BCUT2D eigenvalue weighted by molar-refractivity contribution is 6.05. The number of para-hydroxylation sites is 1. The van der Waals surface area contributed by atoms with E-state index < -0.39 is 0 Å². The molecule has 0 saturated carbocycles. The minimum absolute atomic E-state index is 0.306. The summed E-state index contributed by atoms with van der Waals surface area (Å²) in [6, 6.07) is 20.1. The van der Waals surface area contributed by atoms with Gasteiger partial charge in [-0.25, -0.2) is 4.79 Å². The molecule has 0 fully saturated rings. The van der Waals surface area contributed by atoms with Gasteiger partial charge < -0.3 is 9.47 Å². The fourth-order valence-electron chi connectivity index (χ4n) is 4.40. The van der Waals surface area contributed by atoms with Gasteiger partial charge in [-0.15, -0.1) is 5.10 Å². The molecule has 0 saturated heterocycles. The Morgan fingerprint density at radius 2 is 1.67 bits per heavy atom. The number of nitrogens with zero attached hydrogens (tertiary/aromatic N) is 2. The summed E-state index contributed by atoms with van der Waals surface area (Å²) >= 11 is 0. The number of fused-ring (bicyclic) bond motifs is 1. The van der Waals surface area contributed by atoms with E-state index in [1.54, 1.807) is 7.11 Å². The Morgan fingerprint density at radius 3 is 2.39 bits per heavy atom. The van der Waals surface area contributed by atoms with Crippen molar-refractivity contribution in [1.29, 1.82) is 0 Å². The van der Waals surface area contributed by atoms with Crippen LogP contribution in [-0.4, -0.2) is 29.9 Å². The lowest BCUT2D eigenvalue weighted by atomic mass is 9.91. The smallest absolute Gasteiger partial charge is 0.338 e. The number of aromatic nitrogens is 2. The van der Waals surface area contributed by atoms with Crippen LogP contribution in [0.4, 0.5) is 0 Å². The zero-order valence-corrected chi connectivity index (χ0v) is 19.5. The molecular formula is C28H28N2O3. The van der Waals surface area contributed by atoms with Crippen molar-refractivity contribution in [2.24, 2.45) is 0 Å². The summed E-state index contributed by atoms with van der Waals surface area (Å²) in [5.74, 6) is 0.425. The summed E-state index contributed by atoms with van der Waals surface area (Å²) in [4.78, 5) is 12.8. The highest BCUT2D eigenvalue weighted by atomic mass is 16.5. The third-order valence-electron chi connectivity index (χ3n) is 5.92. The summed E-state index contributed by atoms with van der Waals surface area (Å²) in [6.45, 7) is 6.06. The number of aryl methyl sites for hydroxylation is 4. The number of hydrogen-bond donors (Lipinski definition) is 0. The first kappa shape index (κ1) is 22.5. The van der Waals surface area contributed by atoms with Crippen molar-refractivity contribution >= 4 is 16.7 Å². The first-order valence-electron chi connectivity index (χ1n) is 11.2. The van der Waals surface area contributed by atoms with Gasteiger partial charge in [0, 0.05) is 16.3 Å². The molecule has 4 rings (SSSR count). The highest BCUT2D eigenvalue weighted by Crippen LogP contribution is 2.37. The number of hydrogen-bond acceptors (Lipinski definition) is 5. The summed E-state index contributed by atoms with van der Waals surface area (Å²) < 4.78 is 11.0. The minimum atomic E-state index is -0.306. The number of carbonyl (C=O) groups excluding carboxylic acids is 1. The molecule has 5 heteroatoms. The van der Waals surface area contributed by atoms with Crippen LogP contribution in [0, 0.1) is 13.8 Å². The van der Waals surface area contributed by atoms with Crippen LogP contribution in [0.15, 0.2) is 60.7 Å². The molecule has 0 unspecified atom stereocenters. The average molecular weight is 441 g/mol. The standard InChI is InChI=1S/C28H28N2O3/c1-5-33-28(31)25-18(2)17-22-26(19(25)3)23(16-15-20-11-7-6-8-12-20)29-30-27(22)21-13-9-10-14-24(21)32-4/h6-14,17H,5,15-16H2,1-4H3. The minimum Gasteiger partial charge on any atom is -0.496 e. The molecule has 1 aromatic heterocycles. The first-order chi connectivity index (χ1) is 16.0. The predicted molar refractivity (Wildman–Crippen MR) is 131 cm³/mol. The van der Waals surface area contributed by atoms with Crippen molar-refractivity contribution in [3.63, 3.8) is 0 Å². The van der Waals surface area contributed by atoms with Crippen LogP contribution in [0.25, 0.3) is 22.0 Å². The molecule has 1 heterocycles. The Labute approximate surface area is 194 Å². The van der Waals surface area contributed by atoms with Gasteiger partial charge in [0.05, 0.1) is 25.0 Å². The van der Waals surface area contributed by atoms with E-state index >= 15 is 0 Å². The van der Waals surface area contributed by atoms with Crippen LogP contribution in [0.2, 0.25) is 0 Å². The molecule has 168 valence electrons. The predicted octanol–water partition coefficient (Wildman–Crippen LogP) is 5.88. The van der Waals surface area contributed by atoms with Crippen LogP contribution in [0.3, 0.4) is 0 Å². The van der Waals surface area contributed by atoms with E-state index in [4.69, 9.17) is 9.47 Å². The monoisotopic (exact) mass is 440 g/mol. The van der Waals surface area contributed by atoms with E-state index in [9.17, 15) is 4.79 Å². The van der Waals surface area contributed by atoms with E-state index in [1.807, 2.05) is 69.3 Å². The Kier molecular flexibility index (Phi) is 6.68. The van der Waals surface area contributed by atoms with Crippen LogP contribution < -0.4 is 4.74 Å². The van der Waals surface area contributed by atoms with E-state index in [2.05, 4.69) is 22.3 Å². The highest BCUT2D eigenvalue weighted by Gasteiger charge is 2.22. The zero-order chi connectivity index (χ0) is 23.4. The molecule has 0 N–H and O–H groups in total. The normalized spacial score (nSPS) is 10.9. The molecular weight excluding hydrogens is 412 g/mol. The SMILES string of the molecule is CCOC(=O)c1c(C)cc2c(-c3ccccc3OC)nnc(CCc3ccccc3)c2c1C. The molecule has 0 spiro atoms. The van der Waals surface area contributed by atoms with Crippen LogP contribution in [0.1, 0.15) is 39.7 Å². The van der Waals surface area contributed by atoms with Gasteiger partial charge in [0.2, 0.25) is 0 Å². The van der Waals surface area contributed by atoms with Crippen LogP contribution >= 0.6 is 0 Å². The second-order valence-electron chi connectivity index (χ2n) is 8.02. The maximum Gasteiger partial charge on any atom is 0.338 e. The molecule has 0 bridgehead atoms. The number of rotatable bonds is 7. The van der Waals surface area contributed by atoms with Gasteiger partial charge in [0.15, 0.2) is 0 Å². The van der Waals surface area contributed by atoms with E-state index in [0.29, 0.717) is 18.6 Å². The molecule has 0 aliphatic rings. The van der Waals surface area contributed by atoms with Gasteiger partial charge >= 0.3 is 5.97 Å². The van der Waals surface area contributed by atoms with Crippen molar-refractivity contribution in [3.8, 4) is 17.0 Å². The summed E-state index contributed by atoms with van der Waals surface area (Å²) in [5.41, 5.74) is 6.05. The van der Waals surface area contributed by atoms with E-state index in [1.165, 1.54) is 5.56 Å².